The molecule has 1 N–H and O–H groups in total. The highest BCUT2D eigenvalue weighted by molar-refractivity contribution is 5.75. The molecule has 0 spiro atoms. The molecule has 0 amide bonds. The first kappa shape index (κ1) is 15.7. The molecule has 0 aromatic rings. The Bertz CT molecular complexity index is 319. The molecule has 0 saturated heterocycles. The van der Waals surface area contributed by atoms with Crippen molar-refractivity contribution >= 4 is 5.97 Å². The van der Waals surface area contributed by atoms with Crippen LogP contribution < -0.4 is 0 Å². The highest BCUT2D eigenvalue weighted by Gasteiger charge is 2.55. The summed E-state index contributed by atoms with van der Waals surface area (Å²) in [6.07, 6.45) is 4.89. The van der Waals surface area contributed by atoms with Crippen LogP contribution in [0.2, 0.25) is 0 Å². The average molecular weight is 286 g/mol. The second-order valence-corrected chi connectivity index (χ2v) is 6.01. The number of carbonyl (C=O) groups is 1. The Balaban J connectivity index is 1.63. The van der Waals surface area contributed by atoms with Crippen molar-refractivity contribution in [2.75, 3.05) is 40.1 Å². The predicted molar refractivity (Wildman–Crippen MR) is 73.6 cm³/mol. The fourth-order valence-electron chi connectivity index (χ4n) is 3.84. The van der Waals surface area contributed by atoms with Gasteiger partial charge in [0.2, 0.25) is 0 Å². The van der Waals surface area contributed by atoms with Crippen LogP contribution in [-0.4, -0.2) is 51.2 Å². The lowest BCUT2D eigenvalue weighted by Crippen LogP contribution is -2.37. The van der Waals surface area contributed by atoms with Crippen LogP contribution in [0.4, 0.5) is 0 Å². The topological polar surface area (TPSA) is 65.0 Å². The number of methoxy groups -OCH3 is 1. The third-order valence-corrected chi connectivity index (χ3v) is 4.90. The molecule has 0 aliphatic heterocycles. The molecule has 0 radical (unpaired) electrons. The summed E-state index contributed by atoms with van der Waals surface area (Å²) in [5.41, 5.74) is -0.514. The maximum atomic E-state index is 11.7. The van der Waals surface area contributed by atoms with Crippen molar-refractivity contribution in [2.45, 2.75) is 32.1 Å². The summed E-state index contributed by atoms with van der Waals surface area (Å²) in [4.78, 5) is 11.7. The normalized spacial score (nSPS) is 31.9. The van der Waals surface area contributed by atoms with Crippen LogP contribution in [0.25, 0.3) is 0 Å². The van der Waals surface area contributed by atoms with Crippen molar-refractivity contribution in [3.63, 3.8) is 0 Å². The molecule has 0 aromatic heterocycles. The summed E-state index contributed by atoms with van der Waals surface area (Å²) in [6.45, 7) is 2.74. The second-order valence-electron chi connectivity index (χ2n) is 6.01. The minimum absolute atomic E-state index is 0.367. The Morgan fingerprint density at radius 1 is 1.15 bits per heavy atom. The van der Waals surface area contributed by atoms with Gasteiger partial charge in [-0.25, -0.2) is 0 Å². The molecular formula is C15H26O5. The van der Waals surface area contributed by atoms with Gasteiger partial charge in [-0.3, -0.25) is 4.79 Å². The largest absolute Gasteiger partial charge is 0.481 e. The number of carboxylic acid groups (broad SMARTS) is 1. The smallest absolute Gasteiger partial charge is 0.310 e. The molecule has 3 atom stereocenters. The van der Waals surface area contributed by atoms with E-state index in [9.17, 15) is 9.90 Å². The molecule has 2 saturated carbocycles. The van der Waals surface area contributed by atoms with Crippen molar-refractivity contribution in [3.05, 3.63) is 0 Å². The summed E-state index contributed by atoms with van der Waals surface area (Å²) in [7, 11) is 1.64. The van der Waals surface area contributed by atoms with E-state index in [1.807, 2.05) is 0 Å². The molecule has 2 aliphatic carbocycles. The number of aliphatic carboxylic acids is 1. The van der Waals surface area contributed by atoms with Crippen LogP contribution in [0.5, 0.6) is 0 Å². The fraction of sp³-hybridized carbons (Fsp3) is 0.933. The van der Waals surface area contributed by atoms with E-state index in [1.54, 1.807) is 7.11 Å². The fourth-order valence-corrected chi connectivity index (χ4v) is 3.84. The van der Waals surface area contributed by atoms with E-state index in [0.717, 1.165) is 19.3 Å². The molecule has 20 heavy (non-hydrogen) atoms. The van der Waals surface area contributed by atoms with Gasteiger partial charge in [0.15, 0.2) is 0 Å². The number of hydrogen-bond acceptors (Lipinski definition) is 4. The lowest BCUT2D eigenvalue weighted by molar-refractivity contribution is -0.154. The molecule has 2 aliphatic rings. The Hall–Kier alpha value is -0.650. The van der Waals surface area contributed by atoms with Crippen LogP contribution >= 0.6 is 0 Å². The monoisotopic (exact) mass is 286 g/mol. The Morgan fingerprint density at radius 3 is 2.40 bits per heavy atom. The van der Waals surface area contributed by atoms with Gasteiger partial charge in [0, 0.05) is 13.7 Å². The number of fused-ring (bicyclic) bond motifs is 2. The molecule has 0 heterocycles. The summed E-state index contributed by atoms with van der Waals surface area (Å²) < 4.78 is 15.7. The van der Waals surface area contributed by atoms with Gasteiger partial charge in [0.25, 0.3) is 0 Å². The van der Waals surface area contributed by atoms with E-state index >= 15 is 0 Å². The summed E-state index contributed by atoms with van der Waals surface area (Å²) in [6, 6.07) is 0. The first-order chi connectivity index (χ1) is 9.69. The summed E-state index contributed by atoms with van der Waals surface area (Å²) >= 11 is 0. The molecule has 0 aromatic carbocycles. The molecular weight excluding hydrogens is 260 g/mol. The molecule has 5 heteroatoms. The van der Waals surface area contributed by atoms with Gasteiger partial charge in [-0.05, 0) is 37.5 Å². The summed E-state index contributed by atoms with van der Waals surface area (Å²) in [5.74, 6) is 0.379. The molecule has 2 bridgehead atoms. The second kappa shape index (κ2) is 7.38. The van der Waals surface area contributed by atoms with Gasteiger partial charge >= 0.3 is 5.97 Å². The minimum atomic E-state index is -0.621. The summed E-state index contributed by atoms with van der Waals surface area (Å²) in [5, 5.41) is 9.59. The molecule has 2 fully saturated rings. The van der Waals surface area contributed by atoms with E-state index < -0.39 is 11.4 Å². The maximum Gasteiger partial charge on any atom is 0.310 e. The standard InChI is InChI=1S/C15H26O5/c1-18-6-7-20-9-8-19-5-4-15(14(16)17)11-12-2-3-13(15)10-12/h12-13H,2-11H2,1H3,(H,16,17). The van der Waals surface area contributed by atoms with E-state index in [0.29, 0.717) is 51.3 Å². The highest BCUT2D eigenvalue weighted by Crippen LogP contribution is 2.57. The zero-order valence-corrected chi connectivity index (χ0v) is 12.3. The SMILES string of the molecule is COCCOCCOCCC1(C(=O)O)CC2CCC1C2. The van der Waals surface area contributed by atoms with E-state index in [-0.39, 0.29) is 0 Å². The van der Waals surface area contributed by atoms with Crippen LogP contribution in [0.15, 0.2) is 0 Å². The van der Waals surface area contributed by atoms with Crippen molar-refractivity contribution in [1.82, 2.24) is 0 Å². The highest BCUT2D eigenvalue weighted by atomic mass is 16.5. The zero-order valence-electron chi connectivity index (χ0n) is 12.3. The van der Waals surface area contributed by atoms with Crippen molar-refractivity contribution in [1.29, 1.82) is 0 Å². The van der Waals surface area contributed by atoms with Crippen LogP contribution in [-0.2, 0) is 19.0 Å². The van der Waals surface area contributed by atoms with Gasteiger partial charge in [0.05, 0.1) is 31.8 Å². The lowest BCUT2D eigenvalue weighted by atomic mass is 9.71. The first-order valence-electron chi connectivity index (χ1n) is 7.57. The average Bonchev–Trinajstić information content (AvgIpc) is 3.03. The van der Waals surface area contributed by atoms with Crippen molar-refractivity contribution in [3.8, 4) is 0 Å². The van der Waals surface area contributed by atoms with Crippen LogP contribution in [0, 0.1) is 17.3 Å². The Kier molecular flexibility index (Phi) is 5.81. The molecule has 5 nitrogen and oxygen atoms in total. The third-order valence-electron chi connectivity index (χ3n) is 4.90. The molecule has 3 unspecified atom stereocenters. The third kappa shape index (κ3) is 3.51. The van der Waals surface area contributed by atoms with Gasteiger partial charge in [-0.1, -0.05) is 6.42 Å². The van der Waals surface area contributed by atoms with Gasteiger partial charge in [-0.2, -0.15) is 0 Å². The van der Waals surface area contributed by atoms with E-state index in [4.69, 9.17) is 14.2 Å². The van der Waals surface area contributed by atoms with E-state index in [2.05, 4.69) is 0 Å². The van der Waals surface area contributed by atoms with Gasteiger partial charge < -0.3 is 19.3 Å². The van der Waals surface area contributed by atoms with Gasteiger partial charge in [-0.15, -0.1) is 0 Å². The molecule has 116 valence electrons. The van der Waals surface area contributed by atoms with Crippen LogP contribution in [0.3, 0.4) is 0 Å². The van der Waals surface area contributed by atoms with Crippen molar-refractivity contribution in [2.24, 2.45) is 17.3 Å². The number of carboxylic acids is 1. The minimum Gasteiger partial charge on any atom is -0.481 e. The molecule has 2 rings (SSSR count). The lowest BCUT2D eigenvalue weighted by Gasteiger charge is -2.33. The van der Waals surface area contributed by atoms with Gasteiger partial charge in [0.1, 0.15) is 0 Å². The first-order valence-corrected chi connectivity index (χ1v) is 7.57. The predicted octanol–water partition coefficient (Wildman–Crippen LogP) is 1.95. The quantitative estimate of drug-likeness (QED) is 0.622. The maximum absolute atomic E-state index is 11.7. The van der Waals surface area contributed by atoms with Crippen LogP contribution in [0.1, 0.15) is 32.1 Å². The number of hydrogen-bond donors (Lipinski definition) is 1. The Labute approximate surface area is 120 Å². The number of ether oxygens (including phenoxy) is 3. The Morgan fingerprint density at radius 2 is 1.85 bits per heavy atom. The zero-order chi connectivity index (χ0) is 14.4. The van der Waals surface area contributed by atoms with Crippen molar-refractivity contribution < 1.29 is 24.1 Å². The van der Waals surface area contributed by atoms with E-state index in [1.165, 1.54) is 6.42 Å². The number of rotatable bonds is 10.